The van der Waals surface area contributed by atoms with E-state index in [1.807, 2.05) is 13.8 Å². The number of benzene rings is 1. The topological polar surface area (TPSA) is 61.2 Å². The van der Waals surface area contributed by atoms with Gasteiger partial charge in [-0.05, 0) is 43.7 Å². The Kier molecular flexibility index (Phi) is 5.17. The summed E-state index contributed by atoms with van der Waals surface area (Å²) in [6, 6.07) is 6.95. The van der Waals surface area contributed by atoms with Crippen LogP contribution in [-0.4, -0.2) is 28.4 Å². The van der Waals surface area contributed by atoms with E-state index in [9.17, 15) is 9.59 Å². The van der Waals surface area contributed by atoms with Gasteiger partial charge in [-0.25, -0.2) is 4.98 Å². The molecule has 0 saturated carbocycles. The fourth-order valence-electron chi connectivity index (χ4n) is 2.37. The van der Waals surface area contributed by atoms with Gasteiger partial charge in [-0.2, -0.15) is 0 Å². The summed E-state index contributed by atoms with van der Waals surface area (Å²) in [6.45, 7) is 3.89. The van der Waals surface area contributed by atoms with Crippen molar-refractivity contribution >= 4 is 50.9 Å². The number of rotatable bonds is 4. The van der Waals surface area contributed by atoms with Gasteiger partial charge in [0, 0.05) is 9.90 Å². The van der Waals surface area contributed by atoms with Crippen molar-refractivity contribution in [2.24, 2.45) is 0 Å². The standard InChI is InChI=1S/C17H15ClN2O3S2/c1-9-10(2)25-15-14(9)16(22)20(12-6-4-11(18)5-7-12)17(19-15)24-8-13(21)23-3/h4-7H,8H2,1-3H3. The van der Waals surface area contributed by atoms with Gasteiger partial charge in [-0.15, -0.1) is 11.3 Å². The van der Waals surface area contributed by atoms with Crippen LogP contribution in [-0.2, 0) is 9.53 Å². The lowest BCUT2D eigenvalue weighted by Crippen LogP contribution is -2.22. The summed E-state index contributed by atoms with van der Waals surface area (Å²) in [4.78, 5) is 31.0. The first kappa shape index (κ1) is 18.0. The van der Waals surface area contributed by atoms with E-state index in [0.29, 0.717) is 26.1 Å². The molecule has 1 aromatic carbocycles. The summed E-state index contributed by atoms with van der Waals surface area (Å²) in [5, 5.41) is 1.64. The second-order valence-corrected chi connectivity index (χ2v) is 7.92. The zero-order chi connectivity index (χ0) is 18.1. The normalized spacial score (nSPS) is 11.0. The van der Waals surface area contributed by atoms with Crippen molar-refractivity contribution in [3.8, 4) is 5.69 Å². The van der Waals surface area contributed by atoms with Crippen LogP contribution in [0, 0.1) is 13.8 Å². The van der Waals surface area contributed by atoms with E-state index in [-0.39, 0.29) is 17.3 Å². The third kappa shape index (κ3) is 3.44. The van der Waals surface area contributed by atoms with Crippen molar-refractivity contribution in [1.29, 1.82) is 0 Å². The Balaban J connectivity index is 2.24. The first-order chi connectivity index (χ1) is 11.9. The Labute approximate surface area is 157 Å². The third-order valence-electron chi connectivity index (χ3n) is 3.80. The molecule has 8 heteroatoms. The number of aromatic nitrogens is 2. The van der Waals surface area contributed by atoms with Gasteiger partial charge in [0.25, 0.3) is 5.56 Å². The number of carbonyl (C=O) groups excluding carboxylic acids is 1. The predicted octanol–water partition coefficient (Wildman–Crippen LogP) is 3.98. The van der Waals surface area contributed by atoms with Crippen molar-refractivity contribution in [1.82, 2.24) is 9.55 Å². The Morgan fingerprint density at radius 1 is 1.32 bits per heavy atom. The van der Waals surface area contributed by atoms with Gasteiger partial charge in [-0.1, -0.05) is 23.4 Å². The van der Waals surface area contributed by atoms with Crippen LogP contribution in [0.25, 0.3) is 15.9 Å². The maximum atomic E-state index is 13.2. The monoisotopic (exact) mass is 394 g/mol. The molecular weight excluding hydrogens is 380 g/mol. The minimum Gasteiger partial charge on any atom is -0.468 e. The number of thiophene rings is 1. The second kappa shape index (κ2) is 7.19. The van der Waals surface area contributed by atoms with Crippen LogP contribution in [0.1, 0.15) is 10.4 Å². The lowest BCUT2D eigenvalue weighted by Gasteiger charge is -2.12. The van der Waals surface area contributed by atoms with Crippen LogP contribution >= 0.6 is 34.7 Å². The maximum Gasteiger partial charge on any atom is 0.316 e. The Hall–Kier alpha value is -1.83. The quantitative estimate of drug-likeness (QED) is 0.380. The number of thioether (sulfide) groups is 1. The van der Waals surface area contributed by atoms with Gasteiger partial charge < -0.3 is 4.74 Å². The molecule has 0 radical (unpaired) electrons. The lowest BCUT2D eigenvalue weighted by molar-refractivity contribution is -0.137. The van der Waals surface area contributed by atoms with E-state index in [2.05, 4.69) is 9.72 Å². The minimum absolute atomic E-state index is 0.0748. The minimum atomic E-state index is -0.374. The number of fused-ring (bicyclic) bond motifs is 1. The number of halogens is 1. The third-order valence-corrected chi connectivity index (χ3v) is 6.07. The van der Waals surface area contributed by atoms with E-state index in [1.165, 1.54) is 34.8 Å². The van der Waals surface area contributed by atoms with E-state index < -0.39 is 0 Å². The molecule has 0 aliphatic heterocycles. The zero-order valence-corrected chi connectivity index (χ0v) is 16.2. The second-order valence-electron chi connectivity index (χ2n) is 5.34. The number of methoxy groups -OCH3 is 1. The Morgan fingerprint density at radius 2 is 2.00 bits per heavy atom. The Morgan fingerprint density at radius 3 is 2.64 bits per heavy atom. The summed E-state index contributed by atoms with van der Waals surface area (Å²) >= 11 is 8.61. The molecule has 0 aliphatic carbocycles. The largest absolute Gasteiger partial charge is 0.468 e. The maximum absolute atomic E-state index is 13.2. The molecule has 0 unspecified atom stereocenters. The highest BCUT2D eigenvalue weighted by Crippen LogP contribution is 2.29. The van der Waals surface area contributed by atoms with E-state index in [0.717, 1.165) is 10.4 Å². The van der Waals surface area contributed by atoms with Gasteiger partial charge in [0.2, 0.25) is 0 Å². The number of esters is 1. The van der Waals surface area contributed by atoms with Crippen LogP contribution < -0.4 is 5.56 Å². The molecule has 0 amide bonds. The van der Waals surface area contributed by atoms with Gasteiger partial charge in [0.1, 0.15) is 4.83 Å². The van der Waals surface area contributed by atoms with Crippen molar-refractivity contribution in [3.05, 3.63) is 50.1 Å². The summed E-state index contributed by atoms with van der Waals surface area (Å²) in [6.07, 6.45) is 0. The Bertz CT molecular complexity index is 1010. The average Bonchev–Trinajstić information content (AvgIpc) is 2.88. The molecule has 0 atom stereocenters. The number of carbonyl (C=O) groups is 1. The molecule has 25 heavy (non-hydrogen) atoms. The average molecular weight is 395 g/mol. The highest BCUT2D eigenvalue weighted by atomic mass is 35.5. The van der Waals surface area contributed by atoms with Crippen LogP contribution in [0.2, 0.25) is 5.02 Å². The van der Waals surface area contributed by atoms with Gasteiger partial charge in [0.15, 0.2) is 5.16 Å². The SMILES string of the molecule is COC(=O)CSc1nc2sc(C)c(C)c2c(=O)n1-c1ccc(Cl)cc1. The molecule has 2 heterocycles. The lowest BCUT2D eigenvalue weighted by atomic mass is 10.2. The number of hydrogen-bond donors (Lipinski definition) is 0. The molecule has 130 valence electrons. The fourth-order valence-corrected chi connectivity index (χ4v) is 4.41. The van der Waals surface area contributed by atoms with Gasteiger partial charge in [-0.3, -0.25) is 14.2 Å². The van der Waals surface area contributed by atoms with Gasteiger partial charge in [0.05, 0.1) is 23.9 Å². The smallest absolute Gasteiger partial charge is 0.316 e. The van der Waals surface area contributed by atoms with Crippen molar-refractivity contribution in [2.45, 2.75) is 19.0 Å². The molecule has 0 N–H and O–H groups in total. The van der Waals surface area contributed by atoms with Crippen LogP contribution in [0.4, 0.5) is 0 Å². The molecule has 3 rings (SSSR count). The molecule has 0 fully saturated rings. The van der Waals surface area contributed by atoms with E-state index >= 15 is 0 Å². The summed E-state index contributed by atoms with van der Waals surface area (Å²) < 4.78 is 6.20. The zero-order valence-electron chi connectivity index (χ0n) is 13.8. The molecule has 5 nitrogen and oxygen atoms in total. The number of ether oxygens (including phenoxy) is 1. The number of nitrogens with zero attached hydrogens (tertiary/aromatic N) is 2. The number of hydrogen-bond acceptors (Lipinski definition) is 6. The van der Waals surface area contributed by atoms with E-state index in [1.54, 1.807) is 24.3 Å². The van der Waals surface area contributed by atoms with Crippen LogP contribution in [0.3, 0.4) is 0 Å². The highest BCUT2D eigenvalue weighted by molar-refractivity contribution is 7.99. The van der Waals surface area contributed by atoms with Crippen molar-refractivity contribution < 1.29 is 9.53 Å². The van der Waals surface area contributed by atoms with Crippen LogP contribution in [0.15, 0.2) is 34.2 Å². The van der Waals surface area contributed by atoms with Gasteiger partial charge >= 0.3 is 5.97 Å². The van der Waals surface area contributed by atoms with E-state index in [4.69, 9.17) is 11.6 Å². The first-order valence-electron chi connectivity index (χ1n) is 7.40. The predicted molar refractivity (Wildman–Crippen MR) is 102 cm³/mol. The summed E-state index contributed by atoms with van der Waals surface area (Å²) in [7, 11) is 1.33. The number of aryl methyl sites for hydroxylation is 2. The summed E-state index contributed by atoms with van der Waals surface area (Å²) in [5.41, 5.74) is 1.44. The van der Waals surface area contributed by atoms with Crippen molar-refractivity contribution in [3.63, 3.8) is 0 Å². The molecule has 3 aromatic rings. The molecular formula is C17H15ClN2O3S2. The molecule has 0 bridgehead atoms. The molecule has 0 aliphatic rings. The first-order valence-corrected chi connectivity index (χ1v) is 9.58. The molecule has 0 saturated heterocycles. The summed E-state index contributed by atoms with van der Waals surface area (Å²) in [5.74, 6) is -0.300. The molecule has 2 aromatic heterocycles. The molecule has 0 spiro atoms. The van der Waals surface area contributed by atoms with Crippen LogP contribution in [0.5, 0.6) is 0 Å². The fraction of sp³-hybridized carbons (Fsp3) is 0.235. The highest BCUT2D eigenvalue weighted by Gasteiger charge is 2.18. The van der Waals surface area contributed by atoms with Crippen molar-refractivity contribution in [2.75, 3.05) is 12.9 Å².